The van der Waals surface area contributed by atoms with Crippen molar-refractivity contribution in [1.29, 1.82) is 5.26 Å². The number of hydrogen-bond donors (Lipinski definition) is 0. The molecule has 0 unspecified atom stereocenters. The van der Waals surface area contributed by atoms with E-state index in [4.69, 9.17) is 16.9 Å². The number of nitro groups is 1. The monoisotopic (exact) mass is 224 g/mol. The lowest BCUT2D eigenvalue weighted by molar-refractivity contribution is -0.384. The molecule has 0 atom stereocenters. The minimum atomic E-state index is -0.481. The van der Waals surface area contributed by atoms with Crippen LogP contribution in [0.2, 0.25) is 5.02 Å². The smallest absolute Gasteiger partial charge is 0.258 e. The van der Waals surface area contributed by atoms with Gasteiger partial charge < -0.3 is 0 Å². The summed E-state index contributed by atoms with van der Waals surface area (Å²) in [6, 6.07) is 6.43. The normalized spacial score (nSPS) is 9.60. The Morgan fingerprint density at radius 1 is 1.53 bits per heavy atom. The van der Waals surface area contributed by atoms with Crippen LogP contribution in [0.5, 0.6) is 0 Å². The van der Waals surface area contributed by atoms with Crippen LogP contribution in [0.15, 0.2) is 18.2 Å². The molecule has 0 radical (unpaired) electrons. The first kappa shape index (κ1) is 11.5. The van der Waals surface area contributed by atoms with Crippen LogP contribution in [0, 0.1) is 21.4 Å². The lowest BCUT2D eigenvalue weighted by Crippen LogP contribution is -1.91. The van der Waals surface area contributed by atoms with Gasteiger partial charge in [0.15, 0.2) is 0 Å². The summed E-state index contributed by atoms with van der Waals surface area (Å²) in [7, 11) is 0. The summed E-state index contributed by atoms with van der Waals surface area (Å²) >= 11 is 5.87. The van der Waals surface area contributed by atoms with Crippen LogP contribution in [-0.2, 0) is 6.42 Å². The number of halogens is 1. The van der Waals surface area contributed by atoms with E-state index in [2.05, 4.69) is 0 Å². The van der Waals surface area contributed by atoms with Crippen molar-refractivity contribution in [3.63, 3.8) is 0 Å². The quantitative estimate of drug-likeness (QED) is 0.448. The third-order valence-electron chi connectivity index (χ3n) is 1.98. The highest BCUT2D eigenvalue weighted by molar-refractivity contribution is 6.31. The molecule has 15 heavy (non-hydrogen) atoms. The average molecular weight is 225 g/mol. The maximum absolute atomic E-state index is 10.4. The summed E-state index contributed by atoms with van der Waals surface area (Å²) < 4.78 is 0. The minimum Gasteiger partial charge on any atom is -0.258 e. The lowest BCUT2D eigenvalue weighted by Gasteiger charge is -2.01. The van der Waals surface area contributed by atoms with E-state index >= 15 is 0 Å². The SMILES string of the molecule is N#CCCCc1ccc([N+](=O)[O-])cc1Cl. The number of nitrogens with zero attached hydrogens (tertiary/aromatic N) is 2. The van der Waals surface area contributed by atoms with Gasteiger partial charge in [-0.25, -0.2) is 0 Å². The Morgan fingerprint density at radius 3 is 2.80 bits per heavy atom. The Kier molecular flexibility index (Phi) is 4.07. The summed E-state index contributed by atoms with van der Waals surface area (Å²) in [4.78, 5) is 9.95. The van der Waals surface area contributed by atoms with Crippen molar-refractivity contribution >= 4 is 17.3 Å². The topological polar surface area (TPSA) is 66.9 Å². The third-order valence-corrected chi connectivity index (χ3v) is 2.33. The largest absolute Gasteiger partial charge is 0.270 e. The summed E-state index contributed by atoms with van der Waals surface area (Å²) in [5.41, 5.74) is 0.835. The highest BCUT2D eigenvalue weighted by atomic mass is 35.5. The van der Waals surface area contributed by atoms with E-state index in [1.165, 1.54) is 12.1 Å². The molecule has 78 valence electrons. The standard InChI is InChI=1S/C10H9ClN2O2/c11-10-7-9(13(14)15)5-4-8(10)3-1-2-6-12/h4-5,7H,1-3H2. The fourth-order valence-corrected chi connectivity index (χ4v) is 1.48. The van der Waals surface area contributed by atoms with Gasteiger partial charge in [-0.1, -0.05) is 17.7 Å². The number of nitriles is 1. The van der Waals surface area contributed by atoms with Crippen LogP contribution in [0.3, 0.4) is 0 Å². The van der Waals surface area contributed by atoms with Gasteiger partial charge in [-0.2, -0.15) is 5.26 Å². The number of nitro benzene ring substituents is 1. The van der Waals surface area contributed by atoms with E-state index in [0.717, 1.165) is 5.56 Å². The van der Waals surface area contributed by atoms with E-state index in [1.807, 2.05) is 6.07 Å². The first-order chi connectivity index (χ1) is 7.15. The molecule has 4 nitrogen and oxygen atoms in total. The minimum absolute atomic E-state index is 0.0102. The van der Waals surface area contributed by atoms with E-state index < -0.39 is 4.92 Å². The molecule has 0 fully saturated rings. The second-order valence-corrected chi connectivity index (χ2v) is 3.45. The Bertz CT molecular complexity index is 412. The molecule has 1 aromatic carbocycles. The number of aryl methyl sites for hydroxylation is 1. The van der Waals surface area contributed by atoms with Crippen molar-refractivity contribution in [2.24, 2.45) is 0 Å². The molecular weight excluding hydrogens is 216 g/mol. The van der Waals surface area contributed by atoms with Gasteiger partial charge in [0.05, 0.1) is 16.0 Å². The van der Waals surface area contributed by atoms with Gasteiger partial charge in [0, 0.05) is 18.6 Å². The molecule has 0 bridgehead atoms. The van der Waals surface area contributed by atoms with Crippen LogP contribution >= 0.6 is 11.6 Å². The molecule has 0 heterocycles. The maximum Gasteiger partial charge on any atom is 0.270 e. The van der Waals surface area contributed by atoms with Crippen molar-refractivity contribution in [3.8, 4) is 6.07 Å². The van der Waals surface area contributed by atoms with Gasteiger partial charge in [-0.15, -0.1) is 0 Å². The number of rotatable bonds is 4. The second-order valence-electron chi connectivity index (χ2n) is 3.04. The van der Waals surface area contributed by atoms with E-state index in [0.29, 0.717) is 24.3 Å². The van der Waals surface area contributed by atoms with Gasteiger partial charge in [-0.05, 0) is 18.4 Å². The Labute approximate surface area is 92.2 Å². The van der Waals surface area contributed by atoms with Crippen LogP contribution < -0.4 is 0 Å². The van der Waals surface area contributed by atoms with Gasteiger partial charge in [0.1, 0.15) is 0 Å². The van der Waals surface area contributed by atoms with E-state index in [9.17, 15) is 10.1 Å². The van der Waals surface area contributed by atoms with Gasteiger partial charge >= 0.3 is 0 Å². The molecule has 0 aromatic heterocycles. The zero-order valence-corrected chi connectivity index (χ0v) is 8.70. The second kappa shape index (κ2) is 5.32. The molecule has 0 saturated heterocycles. The molecule has 0 aliphatic carbocycles. The highest BCUT2D eigenvalue weighted by Crippen LogP contribution is 2.23. The van der Waals surface area contributed by atoms with Crippen LogP contribution in [0.25, 0.3) is 0 Å². The van der Waals surface area contributed by atoms with Gasteiger partial charge in [-0.3, -0.25) is 10.1 Å². The molecule has 0 aliphatic heterocycles. The third kappa shape index (κ3) is 3.22. The van der Waals surface area contributed by atoms with Gasteiger partial charge in [0.2, 0.25) is 0 Å². The van der Waals surface area contributed by atoms with Crippen molar-refractivity contribution in [1.82, 2.24) is 0 Å². The predicted octanol–water partition coefficient (Wildman–Crippen LogP) is 3.09. The van der Waals surface area contributed by atoms with Crippen molar-refractivity contribution in [2.75, 3.05) is 0 Å². The summed E-state index contributed by atoms with van der Waals surface area (Å²) in [6.45, 7) is 0. The molecule has 0 saturated carbocycles. The van der Waals surface area contributed by atoms with Crippen LogP contribution in [-0.4, -0.2) is 4.92 Å². The lowest BCUT2D eigenvalue weighted by atomic mass is 10.1. The fourth-order valence-electron chi connectivity index (χ4n) is 1.21. The van der Waals surface area contributed by atoms with Gasteiger partial charge in [0.25, 0.3) is 5.69 Å². The molecule has 0 amide bonds. The van der Waals surface area contributed by atoms with Crippen molar-refractivity contribution in [2.45, 2.75) is 19.3 Å². The van der Waals surface area contributed by atoms with E-state index in [-0.39, 0.29) is 5.69 Å². The summed E-state index contributed by atoms with van der Waals surface area (Å²) in [6.07, 6.45) is 1.85. The average Bonchev–Trinajstić information content (AvgIpc) is 2.20. The number of hydrogen-bond acceptors (Lipinski definition) is 3. The molecule has 1 aromatic rings. The molecule has 1 rings (SSSR count). The molecule has 0 N–H and O–H groups in total. The first-order valence-electron chi connectivity index (χ1n) is 4.45. The van der Waals surface area contributed by atoms with Crippen molar-refractivity contribution < 1.29 is 4.92 Å². The highest BCUT2D eigenvalue weighted by Gasteiger charge is 2.08. The Hall–Kier alpha value is -1.60. The van der Waals surface area contributed by atoms with Crippen molar-refractivity contribution in [3.05, 3.63) is 38.9 Å². The summed E-state index contributed by atoms with van der Waals surface area (Å²) in [5, 5.41) is 19.2. The molecule has 5 heteroatoms. The molecular formula is C10H9ClN2O2. The Balaban J connectivity index is 2.76. The predicted molar refractivity (Wildman–Crippen MR) is 56.7 cm³/mol. The zero-order chi connectivity index (χ0) is 11.3. The maximum atomic E-state index is 10.4. The first-order valence-corrected chi connectivity index (χ1v) is 4.82. The fraction of sp³-hybridized carbons (Fsp3) is 0.300. The zero-order valence-electron chi connectivity index (χ0n) is 7.94. The van der Waals surface area contributed by atoms with Crippen LogP contribution in [0.4, 0.5) is 5.69 Å². The number of benzene rings is 1. The van der Waals surface area contributed by atoms with Crippen LogP contribution in [0.1, 0.15) is 18.4 Å². The molecule has 0 spiro atoms. The van der Waals surface area contributed by atoms with E-state index in [1.54, 1.807) is 6.07 Å². The number of unbranched alkanes of at least 4 members (excludes halogenated alkanes) is 1. The number of non-ortho nitro benzene ring substituents is 1. The Morgan fingerprint density at radius 2 is 2.27 bits per heavy atom. The summed E-state index contributed by atoms with van der Waals surface area (Å²) in [5.74, 6) is 0. The molecule has 0 aliphatic rings.